The van der Waals surface area contributed by atoms with E-state index in [1.165, 1.54) is 0 Å². The molecular weight excluding hydrogens is 364 g/mol. The number of hydrogen-bond donors (Lipinski definition) is 2. The van der Waals surface area contributed by atoms with E-state index < -0.39 is 6.10 Å². The maximum atomic E-state index is 12.0. The standard InChI is InChI=1S/C25H42O4/c1-5-6-7-10-18(26)13-14-21-22-15-20(29-24(22)16-23(21)28)12-9-8-11-19(27)17-25(2,3)4/h12-14,18,21-24,26,28H,5-11,15-17H2,1-4H3/b14-13+,20-12-/t18-,21+,22+,23+,24-/m0/s1. The lowest BCUT2D eigenvalue weighted by Crippen LogP contribution is -2.18. The van der Waals surface area contributed by atoms with Crippen LogP contribution in [0.2, 0.25) is 0 Å². The summed E-state index contributed by atoms with van der Waals surface area (Å²) >= 11 is 0. The zero-order valence-corrected chi connectivity index (χ0v) is 18.9. The summed E-state index contributed by atoms with van der Waals surface area (Å²) in [6.45, 7) is 8.46. The molecule has 1 heterocycles. The van der Waals surface area contributed by atoms with Crippen LogP contribution in [0, 0.1) is 17.3 Å². The fourth-order valence-corrected chi connectivity index (χ4v) is 4.58. The number of rotatable bonds is 11. The van der Waals surface area contributed by atoms with Gasteiger partial charge in [-0.3, -0.25) is 4.79 Å². The minimum Gasteiger partial charge on any atom is -0.495 e. The van der Waals surface area contributed by atoms with Gasteiger partial charge in [0.2, 0.25) is 0 Å². The van der Waals surface area contributed by atoms with Gasteiger partial charge in [0.15, 0.2) is 0 Å². The third-order valence-corrected chi connectivity index (χ3v) is 6.05. The van der Waals surface area contributed by atoms with E-state index in [9.17, 15) is 15.0 Å². The van der Waals surface area contributed by atoms with Crippen LogP contribution in [0.25, 0.3) is 0 Å². The summed E-state index contributed by atoms with van der Waals surface area (Å²) in [5.41, 5.74) is 0.0640. The molecule has 0 bridgehead atoms. The molecule has 0 unspecified atom stereocenters. The van der Waals surface area contributed by atoms with Gasteiger partial charge in [0.25, 0.3) is 0 Å². The topological polar surface area (TPSA) is 66.8 Å². The average Bonchev–Trinajstić information content (AvgIpc) is 3.12. The first-order valence-corrected chi connectivity index (χ1v) is 11.6. The van der Waals surface area contributed by atoms with E-state index in [0.29, 0.717) is 25.0 Å². The van der Waals surface area contributed by atoms with E-state index in [0.717, 1.165) is 50.7 Å². The van der Waals surface area contributed by atoms with E-state index in [1.807, 2.05) is 12.2 Å². The number of Topliss-reactive ketones (excluding diaryl/α,β-unsaturated/α-hetero) is 1. The number of aliphatic hydroxyl groups excluding tert-OH is 2. The lowest BCUT2D eigenvalue weighted by atomic mass is 9.88. The molecule has 4 heteroatoms. The van der Waals surface area contributed by atoms with Crippen LogP contribution in [-0.2, 0) is 9.53 Å². The van der Waals surface area contributed by atoms with Crippen molar-refractivity contribution in [2.24, 2.45) is 17.3 Å². The highest BCUT2D eigenvalue weighted by Gasteiger charge is 2.46. The van der Waals surface area contributed by atoms with Crippen molar-refractivity contribution in [2.45, 2.75) is 110 Å². The highest BCUT2D eigenvalue weighted by Crippen LogP contribution is 2.45. The van der Waals surface area contributed by atoms with Crippen LogP contribution >= 0.6 is 0 Å². The quantitative estimate of drug-likeness (QED) is 0.359. The molecule has 4 nitrogen and oxygen atoms in total. The molecule has 0 amide bonds. The van der Waals surface area contributed by atoms with Crippen LogP contribution in [0.1, 0.15) is 91.9 Å². The molecule has 0 aromatic heterocycles. The Balaban J connectivity index is 1.77. The molecule has 1 saturated heterocycles. The van der Waals surface area contributed by atoms with Gasteiger partial charge in [0.1, 0.15) is 11.9 Å². The minimum atomic E-state index is -0.421. The molecule has 5 atom stereocenters. The lowest BCUT2D eigenvalue weighted by Gasteiger charge is -2.16. The first-order valence-electron chi connectivity index (χ1n) is 11.6. The van der Waals surface area contributed by atoms with Gasteiger partial charge in [-0.15, -0.1) is 0 Å². The number of aliphatic hydroxyl groups is 2. The highest BCUT2D eigenvalue weighted by molar-refractivity contribution is 5.78. The Morgan fingerprint density at radius 2 is 2.03 bits per heavy atom. The van der Waals surface area contributed by atoms with Crippen LogP contribution in [0.4, 0.5) is 0 Å². The summed E-state index contributed by atoms with van der Waals surface area (Å²) in [5, 5.41) is 20.5. The molecule has 166 valence electrons. The Morgan fingerprint density at radius 1 is 1.28 bits per heavy atom. The van der Waals surface area contributed by atoms with Crippen LogP contribution in [0.3, 0.4) is 0 Å². The van der Waals surface area contributed by atoms with E-state index in [-0.39, 0.29) is 29.5 Å². The van der Waals surface area contributed by atoms with Crippen LogP contribution in [0.5, 0.6) is 0 Å². The summed E-state index contributed by atoms with van der Waals surface area (Å²) < 4.78 is 6.08. The number of hydrogen-bond acceptors (Lipinski definition) is 4. The van der Waals surface area contributed by atoms with Crippen molar-refractivity contribution in [1.29, 1.82) is 0 Å². The van der Waals surface area contributed by atoms with Crippen molar-refractivity contribution in [3.05, 3.63) is 24.0 Å². The largest absolute Gasteiger partial charge is 0.495 e. The molecule has 0 aromatic rings. The average molecular weight is 407 g/mol. The summed E-state index contributed by atoms with van der Waals surface area (Å²) in [6, 6.07) is 0. The number of carbonyl (C=O) groups excluding carboxylic acids is 1. The van der Waals surface area contributed by atoms with Gasteiger partial charge in [-0.25, -0.2) is 0 Å². The number of unbranched alkanes of at least 4 members (excludes halogenated alkanes) is 3. The first-order chi connectivity index (χ1) is 13.7. The summed E-state index contributed by atoms with van der Waals surface area (Å²) in [7, 11) is 0. The van der Waals surface area contributed by atoms with Crippen molar-refractivity contribution in [2.75, 3.05) is 0 Å². The van der Waals surface area contributed by atoms with Gasteiger partial charge in [-0.1, -0.05) is 59.1 Å². The second-order valence-electron chi connectivity index (χ2n) is 10.2. The summed E-state index contributed by atoms with van der Waals surface area (Å²) in [4.78, 5) is 12.0. The molecule has 0 spiro atoms. The molecule has 1 aliphatic carbocycles. The van der Waals surface area contributed by atoms with Crippen molar-refractivity contribution >= 4 is 5.78 Å². The summed E-state index contributed by atoms with van der Waals surface area (Å²) in [5.74, 6) is 1.70. The fraction of sp³-hybridized carbons (Fsp3) is 0.800. The molecule has 0 aromatic carbocycles. The second-order valence-corrected chi connectivity index (χ2v) is 10.2. The summed E-state index contributed by atoms with van der Waals surface area (Å²) in [6.07, 6.45) is 13.9. The van der Waals surface area contributed by atoms with E-state index in [4.69, 9.17) is 4.74 Å². The Bertz CT molecular complexity index is 572. The molecule has 29 heavy (non-hydrogen) atoms. The molecule has 2 fully saturated rings. The van der Waals surface area contributed by atoms with Gasteiger partial charge in [-0.2, -0.15) is 0 Å². The van der Waals surface area contributed by atoms with Gasteiger partial charge in [0.05, 0.1) is 18.0 Å². The monoisotopic (exact) mass is 406 g/mol. The number of ether oxygens (including phenoxy) is 1. The van der Waals surface area contributed by atoms with Gasteiger partial charge in [-0.05, 0) is 30.8 Å². The molecular formula is C25H42O4. The van der Waals surface area contributed by atoms with Crippen LogP contribution in [-0.4, -0.2) is 34.3 Å². The molecule has 2 N–H and O–H groups in total. The Kier molecular flexibility index (Phi) is 9.42. The van der Waals surface area contributed by atoms with E-state index in [1.54, 1.807) is 0 Å². The zero-order valence-electron chi connectivity index (χ0n) is 18.9. The predicted octanol–water partition coefficient (Wildman–Crippen LogP) is 5.33. The Morgan fingerprint density at radius 3 is 2.72 bits per heavy atom. The smallest absolute Gasteiger partial charge is 0.133 e. The van der Waals surface area contributed by atoms with Gasteiger partial charge in [0, 0.05) is 37.5 Å². The van der Waals surface area contributed by atoms with E-state index in [2.05, 4.69) is 33.8 Å². The first kappa shape index (κ1) is 24.1. The van der Waals surface area contributed by atoms with E-state index >= 15 is 0 Å². The van der Waals surface area contributed by atoms with Crippen molar-refractivity contribution in [3.8, 4) is 0 Å². The van der Waals surface area contributed by atoms with Crippen LogP contribution in [0.15, 0.2) is 24.0 Å². The molecule has 2 aliphatic rings. The number of ketones is 1. The number of allylic oxidation sites excluding steroid dienone is 2. The maximum Gasteiger partial charge on any atom is 0.133 e. The Hall–Kier alpha value is -1.13. The fourth-order valence-electron chi connectivity index (χ4n) is 4.58. The lowest BCUT2D eigenvalue weighted by molar-refractivity contribution is -0.120. The number of carbonyl (C=O) groups is 1. The van der Waals surface area contributed by atoms with Gasteiger partial charge >= 0.3 is 0 Å². The second kappa shape index (κ2) is 11.3. The van der Waals surface area contributed by atoms with Crippen molar-refractivity contribution in [3.63, 3.8) is 0 Å². The highest BCUT2D eigenvalue weighted by atomic mass is 16.5. The molecule has 0 radical (unpaired) electrons. The van der Waals surface area contributed by atoms with Crippen molar-refractivity contribution in [1.82, 2.24) is 0 Å². The third kappa shape index (κ3) is 8.25. The third-order valence-electron chi connectivity index (χ3n) is 6.05. The Labute approximate surface area is 177 Å². The molecule has 1 aliphatic heterocycles. The van der Waals surface area contributed by atoms with Crippen LogP contribution < -0.4 is 0 Å². The molecule has 2 rings (SSSR count). The zero-order chi connectivity index (χ0) is 21.4. The normalized spacial score (nSPS) is 29.4. The van der Waals surface area contributed by atoms with Gasteiger partial charge < -0.3 is 14.9 Å². The SMILES string of the molecule is CCCCC[C@H](O)/C=C/[C@@H]1[C@H]2C/C(=C/CCCC(=O)CC(C)(C)C)O[C@H]2C[C@H]1O. The maximum absolute atomic E-state index is 12.0. The minimum absolute atomic E-state index is 0.0556. The van der Waals surface area contributed by atoms with Crippen molar-refractivity contribution < 1.29 is 19.7 Å². The predicted molar refractivity (Wildman–Crippen MR) is 117 cm³/mol. The molecule has 1 saturated carbocycles. The number of fused-ring (bicyclic) bond motifs is 1.